The van der Waals surface area contributed by atoms with Gasteiger partial charge in [-0.25, -0.2) is 0 Å². The first-order chi connectivity index (χ1) is 12.6. The number of piperidine rings is 1. The van der Waals surface area contributed by atoms with Gasteiger partial charge in [-0.2, -0.15) is 0 Å². The van der Waals surface area contributed by atoms with Crippen LogP contribution >= 0.6 is 0 Å². The Hall–Kier alpha value is -2.08. The number of ether oxygens (including phenoxy) is 1. The lowest BCUT2D eigenvalue weighted by Gasteiger charge is -2.41. The molecular formula is C20H29N3O3. The van der Waals surface area contributed by atoms with Gasteiger partial charge in [0.25, 0.3) is 0 Å². The molecular weight excluding hydrogens is 330 g/mol. The summed E-state index contributed by atoms with van der Waals surface area (Å²) in [5.74, 6) is 1.28. The topological polar surface area (TPSA) is 61.9 Å². The van der Waals surface area contributed by atoms with Crippen LogP contribution in [0.25, 0.3) is 0 Å². The monoisotopic (exact) mass is 359 g/mol. The summed E-state index contributed by atoms with van der Waals surface area (Å²) in [7, 11) is 1.65. The van der Waals surface area contributed by atoms with Crippen molar-refractivity contribution in [3.8, 4) is 5.75 Å². The maximum atomic E-state index is 12.8. The number of carbonyl (C=O) groups is 2. The smallest absolute Gasteiger partial charge is 0.236 e. The fourth-order valence-corrected chi connectivity index (χ4v) is 3.90. The van der Waals surface area contributed by atoms with E-state index in [1.54, 1.807) is 7.11 Å². The van der Waals surface area contributed by atoms with E-state index >= 15 is 0 Å². The number of methoxy groups -OCH3 is 1. The largest absolute Gasteiger partial charge is 0.497 e. The van der Waals surface area contributed by atoms with Crippen LogP contribution in [0.15, 0.2) is 24.3 Å². The van der Waals surface area contributed by atoms with E-state index in [0.29, 0.717) is 19.5 Å². The van der Waals surface area contributed by atoms with Gasteiger partial charge in [0.2, 0.25) is 11.8 Å². The van der Waals surface area contributed by atoms with Crippen molar-refractivity contribution in [2.24, 2.45) is 0 Å². The summed E-state index contributed by atoms with van der Waals surface area (Å²) < 4.78 is 5.28. The summed E-state index contributed by atoms with van der Waals surface area (Å²) >= 11 is 0. The molecule has 2 fully saturated rings. The predicted octanol–water partition coefficient (Wildman–Crippen LogP) is 1.61. The van der Waals surface area contributed by atoms with Crippen LogP contribution in [0.3, 0.4) is 0 Å². The van der Waals surface area contributed by atoms with Crippen molar-refractivity contribution in [1.82, 2.24) is 15.1 Å². The maximum Gasteiger partial charge on any atom is 0.236 e. The van der Waals surface area contributed by atoms with Crippen LogP contribution in [0.2, 0.25) is 0 Å². The van der Waals surface area contributed by atoms with Crippen molar-refractivity contribution >= 4 is 11.8 Å². The highest BCUT2D eigenvalue weighted by atomic mass is 16.5. The summed E-state index contributed by atoms with van der Waals surface area (Å²) in [6.07, 6.45) is 2.43. The number of hydrogen-bond donors (Lipinski definition) is 1. The molecule has 0 radical (unpaired) electrons. The Bertz CT molecular complexity index is 649. The van der Waals surface area contributed by atoms with E-state index in [0.717, 1.165) is 43.8 Å². The van der Waals surface area contributed by atoms with Crippen LogP contribution in [0.1, 0.15) is 37.7 Å². The highest BCUT2D eigenvalue weighted by molar-refractivity contribution is 5.80. The molecule has 2 aliphatic rings. The minimum atomic E-state index is 0.138. The molecule has 2 amide bonds. The summed E-state index contributed by atoms with van der Waals surface area (Å²) in [4.78, 5) is 28.9. The van der Waals surface area contributed by atoms with Crippen LogP contribution in [0.5, 0.6) is 5.75 Å². The standard InChI is InChI=1S/C20H29N3O3/c1-15(16-5-3-7-18(12-16)26-2)11-19(24)22-9-4-6-17(14-22)23-10-8-21-13-20(23)25/h3,5,7,12,15,17,21H,4,6,8-11,13-14H2,1-2H3. The van der Waals surface area contributed by atoms with E-state index in [4.69, 9.17) is 4.74 Å². The molecule has 6 heteroatoms. The average molecular weight is 359 g/mol. The maximum absolute atomic E-state index is 12.8. The van der Waals surface area contributed by atoms with Gasteiger partial charge in [-0.3, -0.25) is 9.59 Å². The molecule has 0 aromatic heterocycles. The molecule has 3 rings (SSSR count). The van der Waals surface area contributed by atoms with E-state index in [1.165, 1.54) is 0 Å². The van der Waals surface area contributed by atoms with Gasteiger partial charge in [0.1, 0.15) is 5.75 Å². The zero-order valence-corrected chi connectivity index (χ0v) is 15.7. The van der Waals surface area contributed by atoms with Gasteiger partial charge in [-0.1, -0.05) is 19.1 Å². The van der Waals surface area contributed by atoms with Gasteiger partial charge in [0.15, 0.2) is 0 Å². The number of nitrogens with one attached hydrogen (secondary N) is 1. The van der Waals surface area contributed by atoms with Gasteiger partial charge in [-0.15, -0.1) is 0 Å². The highest BCUT2D eigenvalue weighted by Crippen LogP contribution is 2.25. The van der Waals surface area contributed by atoms with Crippen LogP contribution in [0, 0.1) is 0 Å². The summed E-state index contributed by atoms with van der Waals surface area (Å²) in [5.41, 5.74) is 1.11. The molecule has 1 aromatic rings. The molecule has 0 spiro atoms. The van der Waals surface area contributed by atoms with Crippen molar-refractivity contribution in [2.45, 2.75) is 38.1 Å². The molecule has 2 heterocycles. The Morgan fingerprint density at radius 1 is 1.38 bits per heavy atom. The number of rotatable bonds is 5. The first kappa shape index (κ1) is 18.7. The number of piperazine rings is 1. The van der Waals surface area contributed by atoms with Crippen molar-refractivity contribution < 1.29 is 14.3 Å². The van der Waals surface area contributed by atoms with E-state index < -0.39 is 0 Å². The lowest BCUT2D eigenvalue weighted by atomic mass is 9.95. The minimum absolute atomic E-state index is 0.138. The van der Waals surface area contributed by atoms with E-state index in [-0.39, 0.29) is 23.8 Å². The Balaban J connectivity index is 1.59. The summed E-state index contributed by atoms with van der Waals surface area (Å²) in [5, 5.41) is 3.11. The van der Waals surface area contributed by atoms with Crippen molar-refractivity contribution in [1.29, 1.82) is 0 Å². The fraction of sp³-hybridized carbons (Fsp3) is 0.600. The lowest BCUT2D eigenvalue weighted by Crippen LogP contribution is -2.57. The van der Waals surface area contributed by atoms with Gasteiger partial charge >= 0.3 is 0 Å². The summed E-state index contributed by atoms with van der Waals surface area (Å²) in [6.45, 7) is 5.52. The highest BCUT2D eigenvalue weighted by Gasteiger charge is 2.31. The number of carbonyl (C=O) groups excluding carboxylic acids is 2. The van der Waals surface area contributed by atoms with Crippen molar-refractivity contribution in [3.63, 3.8) is 0 Å². The minimum Gasteiger partial charge on any atom is -0.497 e. The van der Waals surface area contributed by atoms with Crippen molar-refractivity contribution in [3.05, 3.63) is 29.8 Å². The SMILES string of the molecule is COc1cccc(C(C)CC(=O)N2CCCC(N3CCNCC3=O)C2)c1. The third-order valence-electron chi connectivity index (χ3n) is 5.46. The Morgan fingerprint density at radius 3 is 3.00 bits per heavy atom. The van der Waals surface area contributed by atoms with Crippen LogP contribution in [0.4, 0.5) is 0 Å². The number of benzene rings is 1. The van der Waals surface area contributed by atoms with Crippen LogP contribution < -0.4 is 10.1 Å². The second-order valence-electron chi connectivity index (χ2n) is 7.28. The molecule has 2 saturated heterocycles. The molecule has 6 nitrogen and oxygen atoms in total. The molecule has 1 aromatic carbocycles. The van der Waals surface area contributed by atoms with Crippen LogP contribution in [-0.2, 0) is 9.59 Å². The van der Waals surface area contributed by atoms with E-state index in [2.05, 4.69) is 12.2 Å². The molecule has 0 saturated carbocycles. The molecule has 1 N–H and O–H groups in total. The number of amides is 2. The second-order valence-corrected chi connectivity index (χ2v) is 7.28. The molecule has 2 atom stereocenters. The zero-order valence-electron chi connectivity index (χ0n) is 15.7. The number of nitrogens with zero attached hydrogens (tertiary/aromatic N) is 2. The van der Waals surface area contributed by atoms with Gasteiger partial charge in [0, 0.05) is 38.6 Å². The second kappa shape index (κ2) is 8.54. The van der Waals surface area contributed by atoms with E-state index in [1.807, 2.05) is 34.1 Å². The molecule has 0 bridgehead atoms. The van der Waals surface area contributed by atoms with Crippen LogP contribution in [-0.4, -0.2) is 67.5 Å². The fourth-order valence-electron chi connectivity index (χ4n) is 3.90. The molecule has 26 heavy (non-hydrogen) atoms. The average Bonchev–Trinajstić information content (AvgIpc) is 2.68. The Morgan fingerprint density at radius 2 is 2.23 bits per heavy atom. The lowest BCUT2D eigenvalue weighted by molar-refractivity contribution is -0.140. The molecule has 2 aliphatic heterocycles. The van der Waals surface area contributed by atoms with Gasteiger partial charge < -0.3 is 19.9 Å². The Labute approximate surface area is 155 Å². The zero-order chi connectivity index (χ0) is 18.5. The van der Waals surface area contributed by atoms with Gasteiger partial charge in [-0.05, 0) is 36.5 Å². The normalized spacial score (nSPS) is 22.2. The summed E-state index contributed by atoms with van der Waals surface area (Å²) in [6, 6.07) is 8.07. The first-order valence-electron chi connectivity index (χ1n) is 9.50. The molecule has 2 unspecified atom stereocenters. The number of likely N-dealkylation sites (tertiary alicyclic amines) is 1. The predicted molar refractivity (Wildman–Crippen MR) is 100 cm³/mol. The van der Waals surface area contributed by atoms with Gasteiger partial charge in [0.05, 0.1) is 13.7 Å². The quantitative estimate of drug-likeness (QED) is 0.868. The number of hydrogen-bond acceptors (Lipinski definition) is 4. The van der Waals surface area contributed by atoms with E-state index in [9.17, 15) is 9.59 Å². The van der Waals surface area contributed by atoms with Crippen molar-refractivity contribution in [2.75, 3.05) is 39.8 Å². The molecule has 0 aliphatic carbocycles. The third kappa shape index (κ3) is 4.36. The Kier molecular flexibility index (Phi) is 6.14. The molecule has 142 valence electrons. The first-order valence-corrected chi connectivity index (χ1v) is 9.50. The third-order valence-corrected chi connectivity index (χ3v) is 5.46.